The molecule has 0 spiro atoms. The van der Waals surface area contributed by atoms with E-state index in [1.807, 2.05) is 18.2 Å². The Balaban J connectivity index is 2.96. The molecule has 0 amide bonds. The zero-order valence-electron chi connectivity index (χ0n) is 6.49. The van der Waals surface area contributed by atoms with Crippen LogP contribution in [-0.4, -0.2) is 4.98 Å². The van der Waals surface area contributed by atoms with Crippen molar-refractivity contribution >= 4 is 22.1 Å². The molecule has 1 aromatic carbocycles. The molecule has 2 rings (SSSR count). The molecule has 0 aliphatic carbocycles. The third-order valence-corrected chi connectivity index (χ3v) is 1.84. The number of hydrogen-bond acceptors (Lipinski definition) is 3. The van der Waals surface area contributed by atoms with E-state index in [1.54, 1.807) is 12.4 Å². The molecule has 1 aromatic heterocycles. The second-order valence-corrected chi connectivity index (χ2v) is 2.67. The van der Waals surface area contributed by atoms with Crippen LogP contribution in [0, 0.1) is 0 Å². The first-order chi connectivity index (χ1) is 5.79. The van der Waals surface area contributed by atoms with Crippen molar-refractivity contribution < 1.29 is 0 Å². The molecule has 12 heavy (non-hydrogen) atoms. The molecule has 0 aliphatic heterocycles. The van der Waals surface area contributed by atoms with Gasteiger partial charge in [-0.15, -0.1) is 0 Å². The number of aromatic nitrogens is 1. The summed E-state index contributed by atoms with van der Waals surface area (Å²) in [6.07, 6.45) is 3.36. The van der Waals surface area contributed by atoms with Crippen LogP contribution in [-0.2, 0) is 0 Å². The van der Waals surface area contributed by atoms with Gasteiger partial charge in [-0.2, -0.15) is 0 Å². The van der Waals surface area contributed by atoms with Crippen molar-refractivity contribution in [2.45, 2.75) is 0 Å². The van der Waals surface area contributed by atoms with Gasteiger partial charge in [0.2, 0.25) is 0 Å². The summed E-state index contributed by atoms with van der Waals surface area (Å²) in [5.41, 5.74) is 12.8. The Morgan fingerprint density at radius 2 is 1.83 bits per heavy atom. The van der Waals surface area contributed by atoms with E-state index in [2.05, 4.69) is 4.98 Å². The lowest BCUT2D eigenvalue weighted by atomic mass is 10.1. The third-order valence-electron chi connectivity index (χ3n) is 1.84. The molecule has 0 saturated heterocycles. The van der Waals surface area contributed by atoms with Crippen LogP contribution in [0.25, 0.3) is 10.8 Å². The molecule has 2 aromatic rings. The van der Waals surface area contributed by atoms with E-state index in [0.717, 1.165) is 10.8 Å². The minimum Gasteiger partial charge on any atom is -0.398 e. The van der Waals surface area contributed by atoms with Gasteiger partial charge in [-0.1, -0.05) is 12.1 Å². The van der Waals surface area contributed by atoms with Crippen LogP contribution in [0.15, 0.2) is 30.6 Å². The van der Waals surface area contributed by atoms with Crippen LogP contribution < -0.4 is 11.5 Å². The van der Waals surface area contributed by atoms with E-state index < -0.39 is 0 Å². The summed E-state index contributed by atoms with van der Waals surface area (Å²) in [4.78, 5) is 3.97. The Kier molecular flexibility index (Phi) is 1.37. The molecular weight excluding hydrogens is 150 g/mol. The van der Waals surface area contributed by atoms with Crippen LogP contribution >= 0.6 is 0 Å². The molecule has 0 atom stereocenters. The second-order valence-electron chi connectivity index (χ2n) is 2.67. The summed E-state index contributed by atoms with van der Waals surface area (Å²) in [5.74, 6) is 0. The van der Waals surface area contributed by atoms with E-state index in [1.165, 1.54) is 0 Å². The minimum absolute atomic E-state index is 0.630. The number of nitrogens with two attached hydrogens (primary N) is 2. The highest BCUT2D eigenvalue weighted by Gasteiger charge is 1.99. The minimum atomic E-state index is 0.630. The SMILES string of the molecule is Nc1cccc2cncc(N)c12. The number of nitrogen functional groups attached to an aromatic ring is 2. The first kappa shape index (κ1) is 6.91. The molecule has 4 N–H and O–H groups in total. The normalized spacial score (nSPS) is 10.3. The molecule has 1 heterocycles. The largest absolute Gasteiger partial charge is 0.398 e. The van der Waals surface area contributed by atoms with E-state index in [4.69, 9.17) is 11.5 Å². The number of anilines is 2. The third kappa shape index (κ3) is 0.871. The number of hydrogen-bond donors (Lipinski definition) is 2. The topological polar surface area (TPSA) is 64.9 Å². The maximum Gasteiger partial charge on any atom is 0.0601 e. The van der Waals surface area contributed by atoms with Crippen molar-refractivity contribution in [2.24, 2.45) is 0 Å². The van der Waals surface area contributed by atoms with Gasteiger partial charge in [0.15, 0.2) is 0 Å². The molecular formula is C9H9N3. The molecule has 0 fully saturated rings. The summed E-state index contributed by atoms with van der Waals surface area (Å²) >= 11 is 0. The number of benzene rings is 1. The average molecular weight is 159 g/mol. The lowest BCUT2D eigenvalue weighted by Crippen LogP contribution is -1.93. The van der Waals surface area contributed by atoms with Crippen molar-refractivity contribution in [3.8, 4) is 0 Å². The fraction of sp³-hybridized carbons (Fsp3) is 0. The highest BCUT2D eigenvalue weighted by Crippen LogP contribution is 2.24. The predicted molar refractivity (Wildman–Crippen MR) is 50.6 cm³/mol. The maximum absolute atomic E-state index is 5.75. The van der Waals surface area contributed by atoms with E-state index in [-0.39, 0.29) is 0 Å². The van der Waals surface area contributed by atoms with Crippen molar-refractivity contribution in [3.63, 3.8) is 0 Å². The van der Waals surface area contributed by atoms with Gasteiger partial charge in [-0.05, 0) is 6.07 Å². The van der Waals surface area contributed by atoms with Gasteiger partial charge in [0.05, 0.1) is 11.9 Å². The molecule has 60 valence electrons. The van der Waals surface area contributed by atoms with Gasteiger partial charge >= 0.3 is 0 Å². The average Bonchev–Trinajstić information content (AvgIpc) is 2.04. The smallest absolute Gasteiger partial charge is 0.0601 e. The van der Waals surface area contributed by atoms with E-state index in [0.29, 0.717) is 11.4 Å². The lowest BCUT2D eigenvalue weighted by molar-refractivity contribution is 1.37. The van der Waals surface area contributed by atoms with Crippen molar-refractivity contribution in [2.75, 3.05) is 11.5 Å². The van der Waals surface area contributed by atoms with Gasteiger partial charge in [0.25, 0.3) is 0 Å². The highest BCUT2D eigenvalue weighted by molar-refractivity contribution is 6.00. The fourth-order valence-electron chi connectivity index (χ4n) is 1.29. The number of nitrogens with zero attached hydrogens (tertiary/aromatic N) is 1. The van der Waals surface area contributed by atoms with Gasteiger partial charge < -0.3 is 11.5 Å². The first-order valence-corrected chi connectivity index (χ1v) is 3.67. The molecule has 0 unspecified atom stereocenters. The summed E-state index contributed by atoms with van der Waals surface area (Å²) < 4.78 is 0. The van der Waals surface area contributed by atoms with Gasteiger partial charge in [-0.3, -0.25) is 4.98 Å². The van der Waals surface area contributed by atoms with Crippen LogP contribution in [0.3, 0.4) is 0 Å². The van der Waals surface area contributed by atoms with Crippen molar-refractivity contribution in [1.29, 1.82) is 0 Å². The first-order valence-electron chi connectivity index (χ1n) is 3.67. The van der Waals surface area contributed by atoms with Crippen molar-refractivity contribution in [1.82, 2.24) is 4.98 Å². The van der Waals surface area contributed by atoms with E-state index in [9.17, 15) is 0 Å². The Morgan fingerprint density at radius 3 is 2.58 bits per heavy atom. The van der Waals surface area contributed by atoms with Crippen LogP contribution in [0.5, 0.6) is 0 Å². The molecule has 0 saturated carbocycles. The van der Waals surface area contributed by atoms with Gasteiger partial charge in [0, 0.05) is 22.7 Å². The number of rotatable bonds is 0. The van der Waals surface area contributed by atoms with Gasteiger partial charge in [-0.25, -0.2) is 0 Å². The van der Waals surface area contributed by atoms with Crippen molar-refractivity contribution in [3.05, 3.63) is 30.6 Å². The highest BCUT2D eigenvalue weighted by atomic mass is 14.7. The van der Waals surface area contributed by atoms with E-state index >= 15 is 0 Å². The molecule has 3 heteroatoms. The van der Waals surface area contributed by atoms with Gasteiger partial charge in [0.1, 0.15) is 0 Å². The Labute approximate surface area is 70.0 Å². The summed E-state index contributed by atoms with van der Waals surface area (Å²) in [7, 11) is 0. The fourth-order valence-corrected chi connectivity index (χ4v) is 1.29. The standard InChI is InChI=1S/C9H9N3/c10-7-3-1-2-6-4-12-5-8(11)9(6)7/h1-5H,10-11H2. The van der Waals surface area contributed by atoms with Crippen LogP contribution in [0.4, 0.5) is 11.4 Å². The molecule has 0 bridgehead atoms. The Bertz CT molecular complexity index is 386. The maximum atomic E-state index is 5.75. The molecule has 3 nitrogen and oxygen atoms in total. The Morgan fingerprint density at radius 1 is 1.00 bits per heavy atom. The zero-order valence-corrected chi connectivity index (χ0v) is 6.49. The second kappa shape index (κ2) is 2.37. The summed E-state index contributed by atoms with van der Waals surface area (Å²) in [5, 5.41) is 1.88. The monoisotopic (exact) mass is 159 g/mol. The predicted octanol–water partition coefficient (Wildman–Crippen LogP) is 1.40. The quantitative estimate of drug-likeness (QED) is 0.571. The number of fused-ring (bicyclic) bond motifs is 1. The van der Waals surface area contributed by atoms with Crippen LogP contribution in [0.1, 0.15) is 0 Å². The lowest BCUT2D eigenvalue weighted by Gasteiger charge is -2.02. The molecule has 0 aliphatic rings. The molecule has 0 radical (unpaired) electrons. The number of pyridine rings is 1. The summed E-state index contributed by atoms with van der Waals surface area (Å²) in [6.45, 7) is 0. The zero-order chi connectivity index (χ0) is 8.55. The summed E-state index contributed by atoms with van der Waals surface area (Å²) in [6, 6.07) is 5.66. The van der Waals surface area contributed by atoms with Crippen LogP contribution in [0.2, 0.25) is 0 Å². The Hall–Kier alpha value is -1.77.